The second-order valence-electron chi connectivity index (χ2n) is 3.43. The lowest BCUT2D eigenvalue weighted by molar-refractivity contribution is -0.139. The Hall–Kier alpha value is -1.37. The van der Waals surface area contributed by atoms with Crippen LogP contribution in [0.3, 0.4) is 0 Å². The zero-order valence-corrected chi connectivity index (χ0v) is 10.3. The number of aromatic nitrogens is 1. The number of nitrogens with zero attached hydrogens (tertiary/aromatic N) is 1. The number of alkyl halides is 4. The molecule has 0 aliphatic heterocycles. The molecule has 96 valence electrons. The van der Waals surface area contributed by atoms with E-state index in [0.29, 0.717) is 11.8 Å². The highest BCUT2D eigenvalue weighted by Crippen LogP contribution is 2.36. The Labute approximate surface area is 108 Å². The number of hydrogen-bond donors (Lipinski definition) is 0. The summed E-state index contributed by atoms with van der Waals surface area (Å²) in [6.45, 7) is 0. The summed E-state index contributed by atoms with van der Waals surface area (Å²) in [5.74, 6) is -1.36. The van der Waals surface area contributed by atoms with Gasteiger partial charge in [0.05, 0.1) is 16.8 Å². The lowest BCUT2D eigenvalue weighted by Crippen LogP contribution is -2.08. The predicted octanol–water partition coefficient (Wildman–Crippen LogP) is 4.39. The van der Waals surface area contributed by atoms with Crippen molar-refractivity contribution >= 4 is 15.9 Å². The molecule has 7 heteroatoms. The monoisotopic (exact) mass is 323 g/mol. The summed E-state index contributed by atoms with van der Waals surface area (Å²) in [4.78, 5) is 3.78. The molecule has 0 aliphatic rings. The molecular weight excluding hydrogens is 318 g/mol. The molecule has 2 nitrogen and oxygen atoms in total. The van der Waals surface area contributed by atoms with Gasteiger partial charge in [-0.25, -0.2) is 9.37 Å². The van der Waals surface area contributed by atoms with E-state index in [2.05, 4.69) is 20.9 Å². The first-order chi connectivity index (χ1) is 8.45. The molecule has 0 atom stereocenters. The van der Waals surface area contributed by atoms with Crippen LogP contribution in [0.4, 0.5) is 17.6 Å². The summed E-state index contributed by atoms with van der Waals surface area (Å²) in [7, 11) is 0. The lowest BCUT2D eigenvalue weighted by Gasteiger charge is -2.10. The standard InChI is InChI=1S/C11H6BrF4NO/c12-4-8-10(18-5-17-8)6-2-1-3-7(9(6)13)11(14,15)16/h1-3,5H,4H2. The van der Waals surface area contributed by atoms with Crippen molar-refractivity contribution < 1.29 is 22.0 Å². The van der Waals surface area contributed by atoms with Gasteiger partial charge in [-0.05, 0) is 12.1 Å². The Balaban J connectivity index is 2.60. The second-order valence-corrected chi connectivity index (χ2v) is 3.99. The Morgan fingerprint density at radius 2 is 2.00 bits per heavy atom. The van der Waals surface area contributed by atoms with Crippen molar-refractivity contribution in [3.05, 3.63) is 41.7 Å². The first-order valence-electron chi connectivity index (χ1n) is 4.79. The molecule has 2 aromatic rings. The summed E-state index contributed by atoms with van der Waals surface area (Å²) < 4.78 is 56.4. The fourth-order valence-corrected chi connectivity index (χ4v) is 1.91. The zero-order valence-electron chi connectivity index (χ0n) is 8.76. The summed E-state index contributed by atoms with van der Waals surface area (Å²) in [6, 6.07) is 3.03. The summed E-state index contributed by atoms with van der Waals surface area (Å²) in [5, 5.41) is 0.258. The fraction of sp³-hybridized carbons (Fsp3) is 0.182. The Bertz CT molecular complexity index is 564. The van der Waals surface area contributed by atoms with E-state index in [1.54, 1.807) is 0 Å². The third kappa shape index (κ3) is 2.27. The summed E-state index contributed by atoms with van der Waals surface area (Å²) >= 11 is 3.10. The molecular formula is C11H6BrF4NO. The van der Waals surface area contributed by atoms with E-state index in [4.69, 9.17) is 4.42 Å². The molecule has 0 saturated carbocycles. The molecule has 0 saturated heterocycles. The van der Waals surface area contributed by atoms with Gasteiger partial charge in [0.15, 0.2) is 12.2 Å². The van der Waals surface area contributed by atoms with Crippen LogP contribution in [0.25, 0.3) is 11.3 Å². The number of hydrogen-bond acceptors (Lipinski definition) is 2. The SMILES string of the molecule is Fc1c(-c2ocnc2CBr)cccc1C(F)(F)F. The van der Waals surface area contributed by atoms with Crippen molar-refractivity contribution in [2.24, 2.45) is 0 Å². The van der Waals surface area contributed by atoms with Crippen LogP contribution in [0, 0.1) is 5.82 Å². The quantitative estimate of drug-likeness (QED) is 0.605. The zero-order chi connectivity index (χ0) is 13.3. The average molecular weight is 324 g/mol. The number of rotatable bonds is 2. The van der Waals surface area contributed by atoms with Gasteiger partial charge in [-0.15, -0.1) is 0 Å². The Kier molecular flexibility index (Phi) is 3.43. The van der Waals surface area contributed by atoms with Gasteiger partial charge >= 0.3 is 6.18 Å². The van der Waals surface area contributed by atoms with Gasteiger partial charge < -0.3 is 4.42 Å². The molecule has 0 aliphatic carbocycles. The maximum atomic E-state index is 13.8. The molecule has 0 unspecified atom stereocenters. The van der Waals surface area contributed by atoms with Crippen molar-refractivity contribution in [2.75, 3.05) is 0 Å². The molecule has 1 heterocycles. The summed E-state index contributed by atoms with van der Waals surface area (Å²) in [5.41, 5.74) is -1.23. The van der Waals surface area contributed by atoms with Gasteiger partial charge in [0.25, 0.3) is 0 Å². The van der Waals surface area contributed by atoms with Crippen LogP contribution in [-0.4, -0.2) is 4.98 Å². The second kappa shape index (κ2) is 4.72. The van der Waals surface area contributed by atoms with Gasteiger partial charge in [-0.2, -0.15) is 13.2 Å². The third-order valence-corrected chi connectivity index (χ3v) is 2.85. The fourth-order valence-electron chi connectivity index (χ4n) is 1.51. The van der Waals surface area contributed by atoms with Crippen molar-refractivity contribution in [3.8, 4) is 11.3 Å². The highest BCUT2D eigenvalue weighted by atomic mass is 79.9. The van der Waals surface area contributed by atoms with Crippen molar-refractivity contribution in [3.63, 3.8) is 0 Å². The maximum Gasteiger partial charge on any atom is 0.419 e. The average Bonchev–Trinajstić information content (AvgIpc) is 2.75. The van der Waals surface area contributed by atoms with Crippen LogP contribution in [0.2, 0.25) is 0 Å². The number of oxazole rings is 1. The van der Waals surface area contributed by atoms with Crippen LogP contribution in [-0.2, 0) is 11.5 Å². The molecule has 1 aromatic carbocycles. The molecule has 0 radical (unpaired) electrons. The molecule has 0 amide bonds. The predicted molar refractivity (Wildman–Crippen MR) is 59.5 cm³/mol. The minimum absolute atomic E-state index is 0.00419. The molecule has 18 heavy (non-hydrogen) atoms. The highest BCUT2D eigenvalue weighted by molar-refractivity contribution is 9.08. The van der Waals surface area contributed by atoms with E-state index in [0.717, 1.165) is 12.5 Å². The molecule has 0 bridgehead atoms. The Morgan fingerprint density at radius 1 is 1.28 bits per heavy atom. The minimum Gasteiger partial charge on any atom is -0.443 e. The third-order valence-electron chi connectivity index (χ3n) is 2.32. The van der Waals surface area contributed by atoms with Crippen LogP contribution in [0.5, 0.6) is 0 Å². The van der Waals surface area contributed by atoms with Gasteiger partial charge in [0.2, 0.25) is 0 Å². The first kappa shape index (κ1) is 13.1. The Morgan fingerprint density at radius 3 is 2.61 bits per heavy atom. The van der Waals surface area contributed by atoms with Gasteiger partial charge in [-0.1, -0.05) is 22.0 Å². The van der Waals surface area contributed by atoms with E-state index in [1.165, 1.54) is 6.07 Å². The molecule has 2 rings (SSSR count). The van der Waals surface area contributed by atoms with Crippen LogP contribution >= 0.6 is 15.9 Å². The van der Waals surface area contributed by atoms with Crippen molar-refractivity contribution in [1.82, 2.24) is 4.98 Å². The number of benzene rings is 1. The minimum atomic E-state index is -4.74. The lowest BCUT2D eigenvalue weighted by atomic mass is 10.1. The van der Waals surface area contributed by atoms with E-state index >= 15 is 0 Å². The smallest absolute Gasteiger partial charge is 0.419 e. The number of halogens is 5. The normalized spacial score (nSPS) is 11.8. The van der Waals surface area contributed by atoms with Gasteiger partial charge in [0.1, 0.15) is 5.82 Å². The summed E-state index contributed by atoms with van der Waals surface area (Å²) in [6.07, 6.45) is -3.68. The van der Waals surface area contributed by atoms with E-state index in [1.807, 2.05) is 0 Å². The van der Waals surface area contributed by atoms with E-state index in [9.17, 15) is 17.6 Å². The van der Waals surface area contributed by atoms with Gasteiger partial charge in [0, 0.05) is 5.33 Å². The van der Waals surface area contributed by atoms with Gasteiger partial charge in [-0.3, -0.25) is 0 Å². The largest absolute Gasteiger partial charge is 0.443 e. The van der Waals surface area contributed by atoms with Crippen molar-refractivity contribution in [2.45, 2.75) is 11.5 Å². The van der Waals surface area contributed by atoms with Crippen LogP contribution in [0.15, 0.2) is 29.0 Å². The van der Waals surface area contributed by atoms with Crippen molar-refractivity contribution in [1.29, 1.82) is 0 Å². The molecule has 0 spiro atoms. The van der Waals surface area contributed by atoms with E-state index in [-0.39, 0.29) is 16.7 Å². The maximum absolute atomic E-state index is 13.8. The topological polar surface area (TPSA) is 26.0 Å². The molecule has 0 N–H and O–H groups in total. The van der Waals surface area contributed by atoms with Crippen LogP contribution in [0.1, 0.15) is 11.3 Å². The molecule has 0 fully saturated rings. The van der Waals surface area contributed by atoms with Crippen LogP contribution < -0.4 is 0 Å². The highest BCUT2D eigenvalue weighted by Gasteiger charge is 2.35. The first-order valence-corrected chi connectivity index (χ1v) is 5.91. The molecule has 1 aromatic heterocycles. The van der Waals surface area contributed by atoms with E-state index < -0.39 is 17.6 Å².